The van der Waals surface area contributed by atoms with Crippen molar-refractivity contribution in [2.75, 3.05) is 52.3 Å². The average Bonchev–Trinajstić information content (AvgIpc) is 2.96. The minimum absolute atomic E-state index is 0.0304. The number of nitrogens with zero attached hydrogens (tertiary/aromatic N) is 2. The van der Waals surface area contributed by atoms with E-state index in [4.69, 9.17) is 4.74 Å². The Kier molecular flexibility index (Phi) is 7.98. The molecule has 2 aromatic rings. The molecule has 6 nitrogen and oxygen atoms in total. The van der Waals surface area contributed by atoms with Crippen LogP contribution < -0.4 is 5.32 Å². The number of allylic oxidation sites excluding steroid dienone is 2. The van der Waals surface area contributed by atoms with Gasteiger partial charge in [0.15, 0.2) is 0 Å². The fourth-order valence-electron chi connectivity index (χ4n) is 6.08. The first-order valence-corrected chi connectivity index (χ1v) is 13.9. The molecule has 0 spiro atoms. The third kappa shape index (κ3) is 5.41. The van der Waals surface area contributed by atoms with Gasteiger partial charge in [0.25, 0.3) is 11.8 Å². The molecule has 1 saturated heterocycles. The van der Waals surface area contributed by atoms with Crippen LogP contribution in [0.1, 0.15) is 66.1 Å². The zero-order valence-corrected chi connectivity index (χ0v) is 22.9. The van der Waals surface area contributed by atoms with Crippen LogP contribution in [0.2, 0.25) is 0 Å². The van der Waals surface area contributed by atoms with E-state index < -0.39 is 0 Å². The molecule has 200 valence electrons. The summed E-state index contributed by atoms with van der Waals surface area (Å²) in [5, 5.41) is 3.61. The van der Waals surface area contributed by atoms with Gasteiger partial charge in [-0.3, -0.25) is 9.59 Å². The number of hydrogen-bond acceptors (Lipinski definition) is 4. The van der Waals surface area contributed by atoms with Gasteiger partial charge in [-0.1, -0.05) is 49.6 Å². The van der Waals surface area contributed by atoms with Crippen molar-refractivity contribution in [1.29, 1.82) is 0 Å². The molecule has 2 fully saturated rings. The van der Waals surface area contributed by atoms with Crippen LogP contribution in [0.3, 0.4) is 0 Å². The highest BCUT2D eigenvalue weighted by Gasteiger charge is 2.27. The van der Waals surface area contributed by atoms with Crippen LogP contribution in [0.15, 0.2) is 48.0 Å². The molecule has 6 heteroatoms. The Bertz CT molecular complexity index is 1260. The molecule has 2 aromatic carbocycles. The molecule has 0 unspecified atom stereocenters. The van der Waals surface area contributed by atoms with Crippen molar-refractivity contribution in [3.8, 4) is 0 Å². The van der Waals surface area contributed by atoms with Crippen LogP contribution in [0, 0.1) is 5.92 Å². The van der Waals surface area contributed by atoms with Gasteiger partial charge < -0.3 is 19.9 Å². The number of carbonyl (C=O) groups is 2. The summed E-state index contributed by atoms with van der Waals surface area (Å²) in [6.07, 6.45) is 8.16. The van der Waals surface area contributed by atoms with Crippen molar-refractivity contribution in [3.63, 3.8) is 0 Å². The molecule has 38 heavy (non-hydrogen) atoms. The van der Waals surface area contributed by atoms with E-state index in [1.807, 2.05) is 23.1 Å². The molecule has 2 heterocycles. The summed E-state index contributed by atoms with van der Waals surface area (Å²) in [6.45, 7) is 4.93. The number of morpholine rings is 1. The number of fused-ring (bicyclic) bond motifs is 2. The molecule has 0 bridgehead atoms. The highest BCUT2D eigenvalue weighted by atomic mass is 16.5. The molecule has 5 rings (SSSR count). The Balaban J connectivity index is 1.69. The fraction of sp³-hybridized carbons (Fsp3) is 0.438. The minimum Gasteiger partial charge on any atom is -0.380 e. The van der Waals surface area contributed by atoms with Crippen LogP contribution in [0.4, 0.5) is 5.69 Å². The summed E-state index contributed by atoms with van der Waals surface area (Å²) in [7, 11) is 3.55. The van der Waals surface area contributed by atoms with E-state index in [9.17, 15) is 9.59 Å². The van der Waals surface area contributed by atoms with Crippen molar-refractivity contribution in [3.05, 3.63) is 70.3 Å². The zero-order chi connectivity index (χ0) is 26.6. The van der Waals surface area contributed by atoms with Gasteiger partial charge in [-0.15, -0.1) is 0 Å². The Morgan fingerprint density at radius 2 is 1.71 bits per heavy atom. The number of benzene rings is 2. The van der Waals surface area contributed by atoms with E-state index in [0.717, 1.165) is 16.8 Å². The maximum atomic E-state index is 13.7. The lowest BCUT2D eigenvalue weighted by atomic mass is 9.76. The number of anilines is 1. The van der Waals surface area contributed by atoms with Crippen molar-refractivity contribution >= 4 is 34.7 Å². The maximum absolute atomic E-state index is 13.7. The van der Waals surface area contributed by atoms with Gasteiger partial charge in [-0.2, -0.15) is 0 Å². The summed E-state index contributed by atoms with van der Waals surface area (Å²) in [6, 6.07) is 14.5. The quantitative estimate of drug-likeness (QED) is 0.583. The van der Waals surface area contributed by atoms with E-state index in [1.54, 1.807) is 19.0 Å². The van der Waals surface area contributed by atoms with Gasteiger partial charge in [0.2, 0.25) is 0 Å². The van der Waals surface area contributed by atoms with E-state index in [2.05, 4.69) is 42.6 Å². The van der Waals surface area contributed by atoms with Crippen LogP contribution in [-0.2, 0) is 9.53 Å². The summed E-state index contributed by atoms with van der Waals surface area (Å²) in [4.78, 5) is 30.1. The standard InChI is InChI=1S/C32H39N3O3/c1-22-27-12-8-7-11-24(27)19-26(32(37)35-15-17-38-18-16-35)21-33-29-20-25(31(36)34(2)3)13-14-28(29)30(22)23-9-5-4-6-10-23/h7-8,11-14,19-20,23,33H,4-6,9-10,15-18,21H2,1-3H3/b26-19+,30-22+. The number of hydrogen-bond donors (Lipinski definition) is 1. The van der Waals surface area contributed by atoms with Gasteiger partial charge in [-0.05, 0) is 66.2 Å². The van der Waals surface area contributed by atoms with Gasteiger partial charge in [0, 0.05) is 56.1 Å². The first-order chi connectivity index (χ1) is 18.4. The molecular weight excluding hydrogens is 474 g/mol. The molecule has 3 aliphatic rings. The van der Waals surface area contributed by atoms with E-state index in [-0.39, 0.29) is 11.8 Å². The number of ether oxygens (including phenoxy) is 1. The Hall–Kier alpha value is -3.38. The van der Waals surface area contributed by atoms with Crippen LogP contribution in [0.5, 0.6) is 0 Å². The Morgan fingerprint density at radius 1 is 0.974 bits per heavy atom. The second-order valence-electron chi connectivity index (χ2n) is 10.8. The lowest BCUT2D eigenvalue weighted by Crippen LogP contribution is -2.42. The third-order valence-corrected chi connectivity index (χ3v) is 8.12. The molecule has 0 radical (unpaired) electrons. The lowest BCUT2D eigenvalue weighted by Gasteiger charge is -2.31. The molecular formula is C32H39N3O3. The summed E-state index contributed by atoms with van der Waals surface area (Å²) in [5.41, 5.74) is 8.25. The zero-order valence-electron chi connectivity index (χ0n) is 22.9. The molecule has 2 amide bonds. The smallest absolute Gasteiger partial charge is 0.253 e. The first-order valence-electron chi connectivity index (χ1n) is 13.9. The summed E-state index contributed by atoms with van der Waals surface area (Å²) < 4.78 is 5.49. The molecule has 1 N–H and O–H groups in total. The lowest BCUT2D eigenvalue weighted by molar-refractivity contribution is -0.131. The summed E-state index contributed by atoms with van der Waals surface area (Å²) >= 11 is 0. The Morgan fingerprint density at radius 3 is 2.45 bits per heavy atom. The highest BCUT2D eigenvalue weighted by molar-refractivity contribution is 6.03. The molecule has 2 aliphatic heterocycles. The van der Waals surface area contributed by atoms with Crippen molar-refractivity contribution < 1.29 is 14.3 Å². The third-order valence-electron chi connectivity index (χ3n) is 8.12. The second-order valence-corrected chi connectivity index (χ2v) is 10.8. The number of rotatable bonds is 3. The van der Waals surface area contributed by atoms with Crippen LogP contribution in [0.25, 0.3) is 17.2 Å². The predicted molar refractivity (Wildman–Crippen MR) is 154 cm³/mol. The number of nitrogens with one attached hydrogen (secondary N) is 1. The van der Waals surface area contributed by atoms with Crippen molar-refractivity contribution in [2.24, 2.45) is 5.92 Å². The van der Waals surface area contributed by atoms with Crippen LogP contribution >= 0.6 is 0 Å². The van der Waals surface area contributed by atoms with E-state index in [0.29, 0.717) is 49.9 Å². The van der Waals surface area contributed by atoms with Gasteiger partial charge in [0.05, 0.1) is 13.2 Å². The SMILES string of the molecule is C/C1=C(/C2CCCCC2)c2ccc(C(=O)N(C)C)cc2NC/C(C(=O)N2CCOCC2)=C\c2ccccc21. The minimum atomic E-state index is -0.0304. The van der Waals surface area contributed by atoms with Gasteiger partial charge in [-0.25, -0.2) is 0 Å². The van der Waals surface area contributed by atoms with Gasteiger partial charge >= 0.3 is 0 Å². The molecule has 0 aromatic heterocycles. The fourth-order valence-corrected chi connectivity index (χ4v) is 6.08. The average molecular weight is 514 g/mol. The van der Waals surface area contributed by atoms with Gasteiger partial charge in [0.1, 0.15) is 0 Å². The first kappa shape index (κ1) is 26.2. The largest absolute Gasteiger partial charge is 0.380 e. The summed E-state index contributed by atoms with van der Waals surface area (Å²) in [5.74, 6) is 0.468. The Labute approximate surface area is 226 Å². The van der Waals surface area contributed by atoms with E-state index in [1.165, 1.54) is 48.8 Å². The highest BCUT2D eigenvalue weighted by Crippen LogP contribution is 2.44. The normalized spacial score (nSPS) is 21.9. The van der Waals surface area contributed by atoms with Crippen LogP contribution in [-0.4, -0.2) is 68.6 Å². The van der Waals surface area contributed by atoms with E-state index >= 15 is 0 Å². The monoisotopic (exact) mass is 513 g/mol. The molecule has 1 saturated carbocycles. The molecule has 0 atom stereocenters. The number of amides is 2. The van der Waals surface area contributed by atoms with Crippen molar-refractivity contribution in [1.82, 2.24) is 9.80 Å². The maximum Gasteiger partial charge on any atom is 0.253 e. The second kappa shape index (κ2) is 11.6. The van der Waals surface area contributed by atoms with Crippen molar-refractivity contribution in [2.45, 2.75) is 39.0 Å². The number of carbonyl (C=O) groups excluding carboxylic acids is 2. The predicted octanol–water partition coefficient (Wildman–Crippen LogP) is 5.57. The topological polar surface area (TPSA) is 61.9 Å². The molecule has 1 aliphatic carbocycles.